The minimum Gasteiger partial charge on any atom is -0.393 e. The van der Waals surface area contributed by atoms with Gasteiger partial charge in [0.05, 0.1) is 6.10 Å². The first-order chi connectivity index (χ1) is 12.5. The molecule has 26 heavy (non-hydrogen) atoms. The minimum absolute atomic E-state index is 0.151. The second-order valence-corrected chi connectivity index (χ2v) is 9.79. The molecule has 1 unspecified atom stereocenters. The van der Waals surface area contributed by atoms with Crippen molar-refractivity contribution in [3.05, 3.63) is 53.9 Å². The molecule has 0 aliphatic heterocycles. The summed E-state index contributed by atoms with van der Waals surface area (Å²) in [7, 11) is 0. The van der Waals surface area contributed by atoms with Gasteiger partial charge in [-0.25, -0.2) is 0 Å². The fourth-order valence-electron chi connectivity index (χ4n) is 7.04. The number of rotatable bonds is 1. The molecular weight excluding hydrogens is 318 g/mol. The molecule has 2 saturated carbocycles. The quantitative estimate of drug-likeness (QED) is 0.701. The van der Waals surface area contributed by atoms with E-state index in [9.17, 15) is 5.11 Å². The van der Waals surface area contributed by atoms with E-state index in [4.69, 9.17) is 0 Å². The molecule has 0 amide bonds. The molecule has 0 saturated heterocycles. The average Bonchev–Trinajstić information content (AvgIpc) is 3.04. The van der Waals surface area contributed by atoms with Crippen LogP contribution in [0.4, 0.5) is 0 Å². The van der Waals surface area contributed by atoms with Crippen LogP contribution in [0.25, 0.3) is 0 Å². The Labute approximate surface area is 157 Å². The van der Waals surface area contributed by atoms with E-state index in [0.29, 0.717) is 17.3 Å². The summed E-state index contributed by atoms with van der Waals surface area (Å²) in [6.07, 6.45) is 18.2. The van der Waals surface area contributed by atoms with Crippen LogP contribution in [0.5, 0.6) is 0 Å². The predicted molar refractivity (Wildman–Crippen MR) is 105 cm³/mol. The Morgan fingerprint density at radius 1 is 1.15 bits per heavy atom. The molecule has 1 aromatic heterocycles. The van der Waals surface area contributed by atoms with Crippen molar-refractivity contribution in [2.24, 2.45) is 28.6 Å². The van der Waals surface area contributed by atoms with E-state index in [0.717, 1.165) is 31.1 Å². The van der Waals surface area contributed by atoms with Crippen LogP contribution in [-0.2, 0) is 0 Å². The lowest BCUT2D eigenvalue weighted by molar-refractivity contribution is -0.0348. The van der Waals surface area contributed by atoms with Gasteiger partial charge >= 0.3 is 0 Å². The Morgan fingerprint density at radius 3 is 2.85 bits per heavy atom. The Morgan fingerprint density at radius 2 is 2.04 bits per heavy atom. The summed E-state index contributed by atoms with van der Waals surface area (Å²) in [4.78, 5) is 4.44. The number of hydrogen-bond donors (Lipinski definition) is 1. The molecule has 0 spiro atoms. The van der Waals surface area contributed by atoms with E-state index in [1.807, 2.05) is 6.20 Å². The van der Waals surface area contributed by atoms with Crippen LogP contribution >= 0.6 is 0 Å². The van der Waals surface area contributed by atoms with Gasteiger partial charge < -0.3 is 5.11 Å². The van der Waals surface area contributed by atoms with E-state index >= 15 is 0 Å². The van der Waals surface area contributed by atoms with Crippen LogP contribution in [-0.4, -0.2) is 16.2 Å². The second-order valence-electron chi connectivity index (χ2n) is 9.79. The number of hydrogen-bond acceptors (Lipinski definition) is 2. The Balaban J connectivity index is 1.64. The Bertz CT molecular complexity index is 753. The molecule has 138 valence electrons. The topological polar surface area (TPSA) is 33.1 Å². The standard InChI is InChI=1S/C24H31NO/c1-23-9-3-6-20(23)22-19(16-5-4-12-25-15-16)14-17-13-18(26)7-11-24(17,2)21(22)8-10-23/h3-5,9,12,14-15,18-22,26H,6-8,10-11,13H2,1-2H3/t18-,19?,20-,21-,22-,23-,24-/m0/s1. The smallest absolute Gasteiger partial charge is 0.0577 e. The maximum atomic E-state index is 10.3. The average molecular weight is 350 g/mol. The number of allylic oxidation sites excluding steroid dienone is 3. The van der Waals surface area contributed by atoms with Crippen molar-refractivity contribution < 1.29 is 5.11 Å². The van der Waals surface area contributed by atoms with Gasteiger partial charge in [-0.3, -0.25) is 4.98 Å². The molecule has 0 bridgehead atoms. The molecule has 2 fully saturated rings. The van der Waals surface area contributed by atoms with Gasteiger partial charge in [0.1, 0.15) is 0 Å². The first-order valence-corrected chi connectivity index (χ1v) is 10.5. The predicted octanol–water partition coefficient (Wildman–Crippen LogP) is 5.26. The van der Waals surface area contributed by atoms with Crippen LogP contribution in [0.3, 0.4) is 0 Å². The highest BCUT2D eigenvalue weighted by molar-refractivity contribution is 5.35. The van der Waals surface area contributed by atoms with Gasteiger partial charge in [-0.05, 0) is 78.7 Å². The molecule has 1 heterocycles. The van der Waals surface area contributed by atoms with Gasteiger partial charge in [-0.15, -0.1) is 0 Å². The fourth-order valence-corrected chi connectivity index (χ4v) is 7.04. The number of aliphatic hydroxyl groups excluding tert-OH is 1. The van der Waals surface area contributed by atoms with Crippen molar-refractivity contribution in [1.29, 1.82) is 0 Å². The largest absolute Gasteiger partial charge is 0.393 e. The van der Waals surface area contributed by atoms with Crippen molar-refractivity contribution in [3.8, 4) is 0 Å². The van der Waals surface area contributed by atoms with Crippen molar-refractivity contribution in [1.82, 2.24) is 4.98 Å². The van der Waals surface area contributed by atoms with Gasteiger partial charge in [-0.1, -0.05) is 43.7 Å². The summed E-state index contributed by atoms with van der Waals surface area (Å²) in [6.45, 7) is 5.00. The highest BCUT2D eigenvalue weighted by atomic mass is 16.3. The molecule has 1 N–H and O–H groups in total. The summed E-state index contributed by atoms with van der Waals surface area (Å²) < 4.78 is 0. The highest BCUT2D eigenvalue weighted by Gasteiger charge is 2.57. The number of nitrogens with zero attached hydrogens (tertiary/aromatic N) is 1. The zero-order valence-electron chi connectivity index (χ0n) is 16.1. The van der Waals surface area contributed by atoms with Crippen LogP contribution in [0.2, 0.25) is 0 Å². The minimum atomic E-state index is -0.151. The van der Waals surface area contributed by atoms with Gasteiger partial charge in [0.2, 0.25) is 0 Å². The van der Waals surface area contributed by atoms with E-state index in [1.54, 1.807) is 0 Å². The zero-order valence-corrected chi connectivity index (χ0v) is 16.1. The molecule has 7 atom stereocenters. The fraction of sp³-hybridized carbons (Fsp3) is 0.625. The van der Waals surface area contributed by atoms with Crippen molar-refractivity contribution in [2.75, 3.05) is 0 Å². The Kier molecular flexibility index (Phi) is 3.73. The van der Waals surface area contributed by atoms with Gasteiger partial charge in [0, 0.05) is 18.3 Å². The number of fused-ring (bicyclic) bond motifs is 5. The summed E-state index contributed by atoms with van der Waals surface area (Å²) in [6, 6.07) is 4.35. The van der Waals surface area contributed by atoms with Crippen molar-refractivity contribution >= 4 is 0 Å². The van der Waals surface area contributed by atoms with E-state index in [1.165, 1.54) is 30.4 Å². The first-order valence-electron chi connectivity index (χ1n) is 10.5. The van der Waals surface area contributed by atoms with E-state index in [-0.39, 0.29) is 11.5 Å². The van der Waals surface area contributed by atoms with Crippen LogP contribution < -0.4 is 0 Å². The molecule has 1 aromatic rings. The van der Waals surface area contributed by atoms with Crippen LogP contribution in [0.15, 0.2) is 48.3 Å². The second kappa shape index (κ2) is 5.79. The summed E-state index contributed by atoms with van der Waals surface area (Å²) in [5.74, 6) is 2.62. The molecule has 4 aliphatic carbocycles. The maximum Gasteiger partial charge on any atom is 0.0577 e. The highest BCUT2D eigenvalue weighted by Crippen LogP contribution is 2.66. The molecule has 0 aromatic carbocycles. The SMILES string of the molecule is C[C@@]12C=CC[C@H]1[C@@H]1C(c3cccnc3)C=C3C[C@@H](O)CC[C@]3(C)[C@H]1CC2. The lowest BCUT2D eigenvalue weighted by Gasteiger charge is -2.59. The molecule has 2 heteroatoms. The number of aromatic nitrogens is 1. The third-order valence-corrected chi connectivity index (χ3v) is 8.53. The van der Waals surface area contributed by atoms with E-state index < -0.39 is 0 Å². The lowest BCUT2D eigenvalue weighted by Crippen LogP contribution is -2.51. The normalized spacial score (nSPS) is 46.9. The third kappa shape index (κ3) is 2.30. The van der Waals surface area contributed by atoms with Gasteiger partial charge in [0.15, 0.2) is 0 Å². The maximum absolute atomic E-state index is 10.3. The number of aliphatic hydroxyl groups is 1. The summed E-state index contributed by atoms with van der Waals surface area (Å²) in [5.41, 5.74) is 3.55. The van der Waals surface area contributed by atoms with Crippen molar-refractivity contribution in [2.45, 2.75) is 64.4 Å². The lowest BCUT2D eigenvalue weighted by atomic mass is 9.45. The third-order valence-electron chi connectivity index (χ3n) is 8.53. The molecule has 4 aliphatic rings. The molecule has 5 rings (SSSR count). The monoisotopic (exact) mass is 349 g/mol. The van der Waals surface area contributed by atoms with Crippen LogP contribution in [0.1, 0.15) is 63.9 Å². The Hall–Kier alpha value is -1.41. The van der Waals surface area contributed by atoms with Gasteiger partial charge in [-0.2, -0.15) is 0 Å². The van der Waals surface area contributed by atoms with E-state index in [2.05, 4.69) is 55.4 Å². The molecule has 2 nitrogen and oxygen atoms in total. The summed E-state index contributed by atoms with van der Waals surface area (Å²) >= 11 is 0. The summed E-state index contributed by atoms with van der Waals surface area (Å²) in [5, 5.41) is 10.3. The number of pyridine rings is 1. The van der Waals surface area contributed by atoms with Crippen molar-refractivity contribution in [3.63, 3.8) is 0 Å². The first kappa shape index (κ1) is 16.7. The van der Waals surface area contributed by atoms with Crippen LogP contribution in [0, 0.1) is 28.6 Å². The molecular formula is C24H31NO. The molecule has 0 radical (unpaired) electrons. The zero-order chi connectivity index (χ0) is 17.9. The van der Waals surface area contributed by atoms with Gasteiger partial charge in [0.25, 0.3) is 0 Å².